The zero-order chi connectivity index (χ0) is 23.3. The molecule has 1 aromatic carbocycles. The minimum absolute atomic E-state index is 0.0626. The number of rotatable bonds is 7. The van der Waals surface area contributed by atoms with Gasteiger partial charge in [0.1, 0.15) is 11.9 Å². The SMILES string of the molecule is COc1ccc2ncc(Cl)c([C@@H](F)CCC3(CO)CCN(CC#Cc4cccs4)CC3)c2c1. The average molecular weight is 487 g/mol. The van der Waals surface area contributed by atoms with Crippen molar-refractivity contribution in [3.05, 3.63) is 57.4 Å². The Morgan fingerprint density at radius 1 is 1.33 bits per heavy atom. The van der Waals surface area contributed by atoms with Crippen molar-refractivity contribution in [3.8, 4) is 17.6 Å². The lowest BCUT2D eigenvalue weighted by molar-refractivity contribution is 0.0344. The Morgan fingerprint density at radius 3 is 2.85 bits per heavy atom. The van der Waals surface area contributed by atoms with E-state index in [2.05, 4.69) is 21.7 Å². The lowest BCUT2D eigenvalue weighted by Gasteiger charge is -2.40. The second-order valence-electron chi connectivity index (χ2n) is 8.62. The Bertz CT molecular complexity index is 1130. The van der Waals surface area contributed by atoms with E-state index in [0.717, 1.165) is 30.8 Å². The highest BCUT2D eigenvalue weighted by Crippen LogP contribution is 2.41. The highest BCUT2D eigenvalue weighted by atomic mass is 35.5. The van der Waals surface area contributed by atoms with Crippen LogP contribution in [0.25, 0.3) is 10.9 Å². The molecule has 1 atom stereocenters. The van der Waals surface area contributed by atoms with Crippen molar-refractivity contribution >= 4 is 33.8 Å². The van der Waals surface area contributed by atoms with E-state index in [9.17, 15) is 5.11 Å². The molecule has 4 nitrogen and oxygen atoms in total. The van der Waals surface area contributed by atoms with Crippen molar-refractivity contribution in [3.63, 3.8) is 0 Å². The molecule has 0 radical (unpaired) electrons. The quantitative estimate of drug-likeness (QED) is 0.424. The van der Waals surface area contributed by atoms with Crippen LogP contribution >= 0.6 is 22.9 Å². The fourth-order valence-electron chi connectivity index (χ4n) is 4.45. The van der Waals surface area contributed by atoms with Gasteiger partial charge < -0.3 is 9.84 Å². The number of aromatic nitrogens is 1. The molecule has 0 saturated carbocycles. The Morgan fingerprint density at radius 2 is 2.15 bits per heavy atom. The van der Waals surface area contributed by atoms with Gasteiger partial charge in [-0.15, -0.1) is 11.3 Å². The van der Waals surface area contributed by atoms with Crippen LogP contribution in [-0.4, -0.2) is 48.3 Å². The summed E-state index contributed by atoms with van der Waals surface area (Å²) in [6.07, 6.45) is 2.83. The van der Waals surface area contributed by atoms with Crippen LogP contribution < -0.4 is 4.74 Å². The Balaban J connectivity index is 1.39. The molecule has 2 aromatic heterocycles. The lowest BCUT2D eigenvalue weighted by atomic mass is 9.74. The van der Waals surface area contributed by atoms with Gasteiger partial charge in [-0.3, -0.25) is 9.88 Å². The molecule has 0 amide bonds. The number of fused-ring (bicyclic) bond motifs is 1. The molecule has 174 valence electrons. The third-order valence-electron chi connectivity index (χ3n) is 6.60. The van der Waals surface area contributed by atoms with E-state index in [1.54, 1.807) is 30.6 Å². The molecule has 0 aliphatic carbocycles. The number of ether oxygens (including phenoxy) is 1. The van der Waals surface area contributed by atoms with Gasteiger partial charge in [-0.05, 0) is 73.8 Å². The molecule has 3 heterocycles. The van der Waals surface area contributed by atoms with Crippen molar-refractivity contribution in [1.29, 1.82) is 0 Å². The van der Waals surface area contributed by atoms with E-state index in [-0.39, 0.29) is 12.0 Å². The minimum Gasteiger partial charge on any atom is -0.497 e. The molecule has 0 spiro atoms. The van der Waals surface area contributed by atoms with E-state index in [1.807, 2.05) is 23.6 Å². The normalized spacial score (nSPS) is 16.8. The van der Waals surface area contributed by atoms with Crippen molar-refractivity contribution in [2.24, 2.45) is 5.41 Å². The third-order valence-corrected chi connectivity index (χ3v) is 7.68. The second kappa shape index (κ2) is 10.8. The summed E-state index contributed by atoms with van der Waals surface area (Å²) in [6, 6.07) is 9.42. The molecule has 4 rings (SSSR count). The van der Waals surface area contributed by atoms with Crippen molar-refractivity contribution in [2.45, 2.75) is 31.9 Å². The molecule has 0 bridgehead atoms. The first-order chi connectivity index (χ1) is 16.0. The van der Waals surface area contributed by atoms with Gasteiger partial charge in [0.15, 0.2) is 0 Å². The fraction of sp³-hybridized carbons (Fsp3) is 0.423. The van der Waals surface area contributed by atoms with E-state index < -0.39 is 6.17 Å². The van der Waals surface area contributed by atoms with Gasteiger partial charge in [-0.2, -0.15) is 0 Å². The lowest BCUT2D eigenvalue weighted by Crippen LogP contribution is -2.42. The van der Waals surface area contributed by atoms with Crippen molar-refractivity contribution in [2.75, 3.05) is 33.4 Å². The summed E-state index contributed by atoms with van der Waals surface area (Å²) in [5.74, 6) is 7.07. The van der Waals surface area contributed by atoms with Crippen LogP contribution in [-0.2, 0) is 0 Å². The average Bonchev–Trinajstić information content (AvgIpc) is 3.36. The standard InChI is InChI=1S/C26H28ClFN2O2S/c1-32-19-6-7-24-21(16-19)25(22(27)17-29-24)23(28)8-9-26(18-31)10-13-30(14-11-26)12-2-4-20-5-3-15-33-20/h3,5-7,15-17,23,31H,8-14,18H2,1H3/t23-/m0/s1. The summed E-state index contributed by atoms with van der Waals surface area (Å²) >= 11 is 8.02. The molecule has 1 saturated heterocycles. The first kappa shape index (κ1) is 24.0. The Labute approximate surface area is 203 Å². The zero-order valence-electron chi connectivity index (χ0n) is 18.7. The van der Waals surface area contributed by atoms with Crippen LogP contribution in [0.4, 0.5) is 4.39 Å². The topological polar surface area (TPSA) is 45.6 Å². The smallest absolute Gasteiger partial charge is 0.127 e. The van der Waals surface area contributed by atoms with Crippen LogP contribution in [0.2, 0.25) is 5.02 Å². The molecule has 1 aliphatic rings. The van der Waals surface area contributed by atoms with Gasteiger partial charge in [0.05, 0.1) is 29.1 Å². The van der Waals surface area contributed by atoms with E-state index in [0.29, 0.717) is 46.6 Å². The minimum atomic E-state index is -1.24. The van der Waals surface area contributed by atoms with Gasteiger partial charge >= 0.3 is 0 Å². The molecule has 7 heteroatoms. The summed E-state index contributed by atoms with van der Waals surface area (Å²) in [7, 11) is 1.58. The number of benzene rings is 1. The number of aliphatic hydroxyl groups excluding tert-OH is 1. The van der Waals surface area contributed by atoms with Gasteiger partial charge in [-0.1, -0.05) is 29.5 Å². The Hall–Kier alpha value is -2.17. The molecular formula is C26H28ClFN2O2S. The number of aliphatic hydroxyl groups is 1. The number of hydrogen-bond donors (Lipinski definition) is 1. The number of pyridine rings is 1. The largest absolute Gasteiger partial charge is 0.497 e. The predicted octanol–water partition coefficient (Wildman–Crippen LogP) is 5.88. The molecular weight excluding hydrogens is 459 g/mol. The fourth-order valence-corrected chi connectivity index (χ4v) is 5.31. The first-order valence-electron chi connectivity index (χ1n) is 11.2. The van der Waals surface area contributed by atoms with Crippen LogP contribution in [0.5, 0.6) is 5.75 Å². The van der Waals surface area contributed by atoms with Crippen molar-refractivity contribution in [1.82, 2.24) is 9.88 Å². The first-order valence-corrected chi connectivity index (χ1v) is 12.4. The van der Waals surface area contributed by atoms with E-state index in [4.69, 9.17) is 16.3 Å². The van der Waals surface area contributed by atoms with Gasteiger partial charge in [0.25, 0.3) is 0 Å². The molecule has 1 aliphatic heterocycles. The van der Waals surface area contributed by atoms with Crippen LogP contribution in [0, 0.1) is 17.3 Å². The van der Waals surface area contributed by atoms with Crippen LogP contribution in [0.1, 0.15) is 42.3 Å². The Kier molecular flexibility index (Phi) is 7.87. The van der Waals surface area contributed by atoms with Gasteiger partial charge in [0.2, 0.25) is 0 Å². The second-order valence-corrected chi connectivity index (χ2v) is 9.98. The van der Waals surface area contributed by atoms with Crippen LogP contribution in [0.3, 0.4) is 0 Å². The highest BCUT2D eigenvalue weighted by molar-refractivity contribution is 7.10. The number of likely N-dealkylation sites (tertiary alicyclic amines) is 1. The molecule has 3 aromatic rings. The highest BCUT2D eigenvalue weighted by Gasteiger charge is 2.35. The number of nitrogens with zero attached hydrogens (tertiary/aromatic N) is 2. The molecule has 1 fully saturated rings. The van der Waals surface area contributed by atoms with Gasteiger partial charge in [0, 0.05) is 23.8 Å². The van der Waals surface area contributed by atoms with Crippen LogP contribution in [0.15, 0.2) is 41.9 Å². The van der Waals surface area contributed by atoms with E-state index >= 15 is 4.39 Å². The molecule has 1 N–H and O–H groups in total. The maximum atomic E-state index is 15.5. The predicted molar refractivity (Wildman–Crippen MR) is 133 cm³/mol. The molecule has 0 unspecified atom stereocenters. The maximum Gasteiger partial charge on any atom is 0.127 e. The number of hydrogen-bond acceptors (Lipinski definition) is 5. The summed E-state index contributed by atoms with van der Waals surface area (Å²) in [5, 5.41) is 13.2. The number of methoxy groups -OCH3 is 1. The molecule has 33 heavy (non-hydrogen) atoms. The zero-order valence-corrected chi connectivity index (χ0v) is 20.3. The summed E-state index contributed by atoms with van der Waals surface area (Å²) in [6.45, 7) is 2.48. The monoisotopic (exact) mass is 486 g/mol. The number of halogens is 2. The summed E-state index contributed by atoms with van der Waals surface area (Å²) < 4.78 is 20.8. The number of thiophene rings is 1. The van der Waals surface area contributed by atoms with Crippen molar-refractivity contribution < 1.29 is 14.2 Å². The summed E-state index contributed by atoms with van der Waals surface area (Å²) in [4.78, 5) is 7.70. The van der Waals surface area contributed by atoms with Gasteiger partial charge in [-0.25, -0.2) is 4.39 Å². The summed E-state index contributed by atoms with van der Waals surface area (Å²) in [5.41, 5.74) is 0.872. The number of piperidine rings is 1. The van der Waals surface area contributed by atoms with E-state index in [1.165, 1.54) is 6.20 Å². The maximum absolute atomic E-state index is 15.5. The third kappa shape index (κ3) is 5.67. The number of alkyl halides is 1.